The summed E-state index contributed by atoms with van der Waals surface area (Å²) in [6.07, 6.45) is 15.7. The molecule has 292 valence electrons. The lowest BCUT2D eigenvalue weighted by molar-refractivity contribution is -0.140. The van der Waals surface area contributed by atoms with Crippen molar-refractivity contribution >= 4 is 29.7 Å². The van der Waals surface area contributed by atoms with Crippen LogP contribution in [0.15, 0.2) is 47.6 Å². The van der Waals surface area contributed by atoms with Crippen molar-refractivity contribution in [3.63, 3.8) is 0 Å². The molecule has 0 bridgehead atoms. The molecule has 0 aromatic rings. The summed E-state index contributed by atoms with van der Waals surface area (Å²) >= 11 is 0. The SMILES string of the molecule is CC(/C=C/C1C(C)CCCC1(C)C)=C\C=C\C(C)=C\C(=O)NCCNC(=O)CN1CCN(CC(=O)O)CCN(CC(=O)O)CCN(CC(=O)O)CC1. The Morgan fingerprint density at radius 1 is 0.692 bits per heavy atom. The molecular formula is C38H62N6O8. The minimum atomic E-state index is -1.02. The number of allylic oxidation sites excluding steroid dienone is 7. The van der Waals surface area contributed by atoms with Gasteiger partial charge in [0.2, 0.25) is 11.8 Å². The Bertz CT molecular complexity index is 1290. The predicted molar refractivity (Wildman–Crippen MR) is 201 cm³/mol. The Balaban J connectivity index is 1.87. The molecule has 5 N–H and O–H groups in total. The second-order valence-electron chi connectivity index (χ2n) is 14.8. The van der Waals surface area contributed by atoms with Crippen molar-refractivity contribution in [2.45, 2.75) is 53.9 Å². The second-order valence-corrected chi connectivity index (χ2v) is 14.8. The highest BCUT2D eigenvalue weighted by molar-refractivity contribution is 5.88. The van der Waals surface area contributed by atoms with E-state index >= 15 is 0 Å². The summed E-state index contributed by atoms with van der Waals surface area (Å²) in [5.41, 5.74) is 2.24. The number of aliphatic carboxylic acids is 3. The number of hydrogen-bond donors (Lipinski definition) is 5. The maximum absolute atomic E-state index is 12.9. The van der Waals surface area contributed by atoms with Gasteiger partial charge in [0, 0.05) is 71.5 Å². The van der Waals surface area contributed by atoms with Crippen molar-refractivity contribution in [1.29, 1.82) is 0 Å². The molecule has 2 unspecified atom stereocenters. The molecule has 0 aromatic carbocycles. The van der Waals surface area contributed by atoms with Gasteiger partial charge in [-0.05, 0) is 43.1 Å². The molecule has 2 aliphatic rings. The fourth-order valence-corrected chi connectivity index (χ4v) is 6.85. The maximum Gasteiger partial charge on any atom is 0.317 e. The molecule has 1 saturated carbocycles. The number of nitrogens with zero attached hydrogens (tertiary/aromatic N) is 4. The van der Waals surface area contributed by atoms with Crippen LogP contribution in [-0.2, 0) is 24.0 Å². The Morgan fingerprint density at radius 3 is 1.62 bits per heavy atom. The van der Waals surface area contributed by atoms with E-state index in [4.69, 9.17) is 0 Å². The Morgan fingerprint density at radius 2 is 1.15 bits per heavy atom. The molecule has 14 nitrogen and oxygen atoms in total. The van der Waals surface area contributed by atoms with E-state index in [1.165, 1.54) is 25.3 Å². The third-order valence-corrected chi connectivity index (χ3v) is 9.76. The lowest BCUT2D eigenvalue weighted by atomic mass is 9.64. The third kappa shape index (κ3) is 18.6. The molecule has 1 saturated heterocycles. The van der Waals surface area contributed by atoms with Crippen LogP contribution in [0.2, 0.25) is 0 Å². The average molecular weight is 731 g/mol. The first-order valence-corrected chi connectivity index (χ1v) is 18.3. The summed E-state index contributed by atoms with van der Waals surface area (Å²) in [5, 5.41) is 33.7. The first-order chi connectivity index (χ1) is 24.5. The largest absolute Gasteiger partial charge is 0.480 e. The van der Waals surface area contributed by atoms with Crippen molar-refractivity contribution in [3.05, 3.63) is 47.6 Å². The number of carboxylic acid groups (broad SMARTS) is 3. The quantitative estimate of drug-likeness (QED) is 0.0888. The minimum absolute atomic E-state index is 0.00425. The summed E-state index contributed by atoms with van der Waals surface area (Å²) in [6.45, 7) is 13.2. The maximum atomic E-state index is 12.9. The van der Waals surface area contributed by atoms with Crippen molar-refractivity contribution in [2.24, 2.45) is 17.3 Å². The molecule has 14 heteroatoms. The highest BCUT2D eigenvalue weighted by Gasteiger charge is 2.34. The Kier molecular flexibility index (Phi) is 19.6. The van der Waals surface area contributed by atoms with E-state index in [-0.39, 0.29) is 51.1 Å². The average Bonchev–Trinajstić information content (AvgIpc) is 3.03. The monoisotopic (exact) mass is 730 g/mol. The topological polar surface area (TPSA) is 183 Å². The van der Waals surface area contributed by atoms with Gasteiger partial charge in [0.05, 0.1) is 26.2 Å². The molecular weight excluding hydrogens is 668 g/mol. The normalized spacial score (nSPS) is 22.5. The fraction of sp³-hybridized carbons (Fsp3) is 0.658. The van der Waals surface area contributed by atoms with Gasteiger partial charge in [-0.15, -0.1) is 0 Å². The molecule has 1 aliphatic heterocycles. The molecule has 52 heavy (non-hydrogen) atoms. The molecule has 2 rings (SSSR count). The summed E-state index contributed by atoms with van der Waals surface area (Å²) in [7, 11) is 0. The van der Waals surface area contributed by atoms with Gasteiger partial charge in [-0.1, -0.05) is 69.6 Å². The number of carbonyl (C=O) groups is 5. The van der Waals surface area contributed by atoms with Crippen LogP contribution in [0, 0.1) is 17.3 Å². The van der Waals surface area contributed by atoms with E-state index in [1.54, 1.807) is 14.7 Å². The van der Waals surface area contributed by atoms with Crippen molar-refractivity contribution < 1.29 is 39.3 Å². The molecule has 0 spiro atoms. The highest BCUT2D eigenvalue weighted by atomic mass is 16.4. The smallest absolute Gasteiger partial charge is 0.317 e. The van der Waals surface area contributed by atoms with E-state index < -0.39 is 17.9 Å². The minimum Gasteiger partial charge on any atom is -0.480 e. The number of amides is 2. The first-order valence-electron chi connectivity index (χ1n) is 18.3. The lowest BCUT2D eigenvalue weighted by Gasteiger charge is -2.41. The van der Waals surface area contributed by atoms with Gasteiger partial charge in [0.25, 0.3) is 0 Å². The Hall–Kier alpha value is -3.85. The highest BCUT2D eigenvalue weighted by Crippen LogP contribution is 2.44. The molecule has 0 aromatic heterocycles. The first kappa shape index (κ1) is 44.3. The van der Waals surface area contributed by atoms with Crippen LogP contribution in [0.1, 0.15) is 53.9 Å². The van der Waals surface area contributed by atoms with Crippen LogP contribution >= 0.6 is 0 Å². The molecule has 1 aliphatic carbocycles. The van der Waals surface area contributed by atoms with Crippen LogP contribution in [0.5, 0.6) is 0 Å². The molecule has 2 fully saturated rings. The van der Waals surface area contributed by atoms with Crippen molar-refractivity contribution in [1.82, 2.24) is 30.2 Å². The van der Waals surface area contributed by atoms with E-state index in [9.17, 15) is 39.3 Å². The van der Waals surface area contributed by atoms with Crippen LogP contribution in [0.25, 0.3) is 0 Å². The molecule has 2 amide bonds. The number of nitrogens with one attached hydrogen (secondary N) is 2. The number of carbonyl (C=O) groups excluding carboxylic acids is 2. The van der Waals surface area contributed by atoms with Crippen LogP contribution in [0.3, 0.4) is 0 Å². The van der Waals surface area contributed by atoms with Gasteiger partial charge in [0.1, 0.15) is 0 Å². The van der Waals surface area contributed by atoms with Gasteiger partial charge in [-0.25, -0.2) is 0 Å². The van der Waals surface area contributed by atoms with Crippen LogP contribution in [0.4, 0.5) is 0 Å². The van der Waals surface area contributed by atoms with Crippen molar-refractivity contribution in [3.8, 4) is 0 Å². The van der Waals surface area contributed by atoms with Crippen molar-refractivity contribution in [2.75, 3.05) is 91.6 Å². The Labute approximate surface area is 309 Å². The molecule has 2 atom stereocenters. The van der Waals surface area contributed by atoms with E-state index in [2.05, 4.69) is 50.5 Å². The summed E-state index contributed by atoms with van der Waals surface area (Å²) in [6, 6.07) is 0. The fourth-order valence-electron chi connectivity index (χ4n) is 6.85. The standard InChI is InChI=1S/C38H62N6O8/c1-29(11-12-32-31(3)10-7-13-38(32,4)5)8-6-9-30(2)24-33(45)39-14-15-40-34(46)25-41-16-18-42(26-35(47)48)20-22-44(28-37(51)52)23-21-43(19-17-41)27-36(49)50/h6,8-9,11-12,24,31-32H,7,10,13-23,25-28H2,1-5H3,(H,39,45)(H,40,46)(H,47,48)(H,49,50)(H,51,52)/b9-6+,12-11+,29-8+,30-24+. The van der Waals surface area contributed by atoms with Gasteiger partial charge >= 0.3 is 17.9 Å². The van der Waals surface area contributed by atoms with Gasteiger partial charge in [0.15, 0.2) is 0 Å². The third-order valence-electron chi connectivity index (χ3n) is 9.76. The molecule has 0 radical (unpaired) electrons. The van der Waals surface area contributed by atoms with Crippen LogP contribution < -0.4 is 10.6 Å². The number of rotatable bonds is 16. The van der Waals surface area contributed by atoms with E-state index in [1.807, 2.05) is 30.1 Å². The van der Waals surface area contributed by atoms with Crippen LogP contribution in [-0.4, -0.2) is 156 Å². The number of hydrogen-bond acceptors (Lipinski definition) is 9. The van der Waals surface area contributed by atoms with E-state index in [0.29, 0.717) is 69.6 Å². The molecule has 1 heterocycles. The lowest BCUT2D eigenvalue weighted by Crippen LogP contribution is -2.50. The van der Waals surface area contributed by atoms with E-state index in [0.717, 1.165) is 11.1 Å². The zero-order chi connectivity index (χ0) is 38.7. The van der Waals surface area contributed by atoms with Gasteiger partial charge in [-0.2, -0.15) is 0 Å². The summed E-state index contributed by atoms with van der Waals surface area (Å²) in [5.74, 6) is -2.37. The van der Waals surface area contributed by atoms with Gasteiger partial charge in [-0.3, -0.25) is 43.6 Å². The zero-order valence-electron chi connectivity index (χ0n) is 31.8. The van der Waals surface area contributed by atoms with Gasteiger partial charge < -0.3 is 26.0 Å². The predicted octanol–water partition coefficient (Wildman–Crippen LogP) is 2.16. The summed E-state index contributed by atoms with van der Waals surface area (Å²) in [4.78, 5) is 66.6. The number of carboxylic acids is 3. The second kappa shape index (κ2) is 22.9. The zero-order valence-corrected chi connectivity index (χ0v) is 31.8. The summed E-state index contributed by atoms with van der Waals surface area (Å²) < 4.78 is 0.